The molecule has 0 fully saturated rings. The van der Waals surface area contributed by atoms with Crippen LogP contribution < -0.4 is 20.5 Å². The van der Waals surface area contributed by atoms with Crippen LogP contribution in [0, 0.1) is 0 Å². The molecule has 0 aliphatic rings. The Balaban J connectivity index is 1.95. The zero-order chi connectivity index (χ0) is 20.2. The maximum Gasteiger partial charge on any atom is 0.573 e. The van der Waals surface area contributed by atoms with Gasteiger partial charge in [0.15, 0.2) is 0 Å². The fourth-order valence-corrected chi connectivity index (χ4v) is 2.65. The van der Waals surface area contributed by atoms with Crippen LogP contribution in [0.2, 0.25) is 0 Å². The lowest BCUT2D eigenvalue weighted by Gasteiger charge is -2.16. The Morgan fingerprint density at radius 2 is 1.63 bits per heavy atom. The Labute approximate surface area is 153 Å². The van der Waals surface area contributed by atoms with E-state index in [0.29, 0.717) is 5.56 Å². The summed E-state index contributed by atoms with van der Waals surface area (Å²) in [6.45, 7) is 1.67. The molecule has 0 saturated carbocycles. The van der Waals surface area contributed by atoms with E-state index in [1.165, 1.54) is 36.4 Å². The number of anilines is 1. The largest absolute Gasteiger partial charge is 0.573 e. The van der Waals surface area contributed by atoms with Gasteiger partial charge in [-0.3, -0.25) is 0 Å². The summed E-state index contributed by atoms with van der Waals surface area (Å²) >= 11 is 0. The van der Waals surface area contributed by atoms with Gasteiger partial charge in [0.05, 0.1) is 10.9 Å². The summed E-state index contributed by atoms with van der Waals surface area (Å²) < 4.78 is 62.5. The molecule has 2 amide bonds. The number of nitrogens with two attached hydrogens (primary N) is 1. The standard InChI is InChI=1S/C16H16F3N3O4S/c1-10(11-2-8-14(9-3-11)27(20,24)25)21-15(23)22-12-4-6-13(7-5-12)26-16(17,18)19/h2-10H,1H3,(H2,20,24,25)(H2,21,22,23)/t10-/m0/s1. The second kappa shape index (κ2) is 7.84. The second-order valence-electron chi connectivity index (χ2n) is 5.51. The van der Waals surface area contributed by atoms with Crippen LogP contribution in [-0.4, -0.2) is 20.8 Å². The predicted molar refractivity (Wildman–Crippen MR) is 91.5 cm³/mol. The number of hydrogen-bond acceptors (Lipinski definition) is 4. The number of benzene rings is 2. The van der Waals surface area contributed by atoms with E-state index in [0.717, 1.165) is 12.1 Å². The first-order valence-electron chi connectivity index (χ1n) is 7.50. The maximum absolute atomic E-state index is 12.1. The normalized spacial score (nSPS) is 12.9. The number of hydrogen-bond donors (Lipinski definition) is 3. The first kappa shape index (κ1) is 20.5. The SMILES string of the molecule is C[C@H](NC(=O)Nc1ccc(OC(F)(F)F)cc1)c1ccc(S(N)(=O)=O)cc1. The topological polar surface area (TPSA) is 111 Å². The van der Waals surface area contributed by atoms with Gasteiger partial charge in [0.2, 0.25) is 10.0 Å². The summed E-state index contributed by atoms with van der Waals surface area (Å²) in [5.41, 5.74) is 0.894. The minimum absolute atomic E-state index is 0.0518. The number of urea groups is 1. The van der Waals surface area contributed by atoms with Gasteiger partial charge in [-0.1, -0.05) is 12.1 Å². The molecule has 4 N–H and O–H groups in total. The van der Waals surface area contributed by atoms with E-state index < -0.39 is 34.2 Å². The first-order valence-corrected chi connectivity index (χ1v) is 9.05. The Kier molecular flexibility index (Phi) is 5.96. The van der Waals surface area contributed by atoms with Crippen LogP contribution in [0.5, 0.6) is 5.75 Å². The average molecular weight is 403 g/mol. The van der Waals surface area contributed by atoms with E-state index >= 15 is 0 Å². The molecule has 0 radical (unpaired) electrons. The number of ether oxygens (including phenoxy) is 1. The molecule has 2 aromatic carbocycles. The third kappa shape index (κ3) is 6.46. The van der Waals surface area contributed by atoms with Crippen molar-refractivity contribution in [3.63, 3.8) is 0 Å². The van der Waals surface area contributed by atoms with Gasteiger partial charge in [-0.25, -0.2) is 18.4 Å². The molecule has 0 bridgehead atoms. The molecule has 11 heteroatoms. The number of carbonyl (C=O) groups is 1. The Morgan fingerprint density at radius 1 is 1.07 bits per heavy atom. The lowest BCUT2D eigenvalue weighted by atomic mass is 10.1. The third-order valence-electron chi connectivity index (χ3n) is 3.40. The van der Waals surface area contributed by atoms with E-state index in [2.05, 4.69) is 15.4 Å². The number of nitrogens with one attached hydrogen (secondary N) is 2. The van der Waals surface area contributed by atoms with Gasteiger partial charge in [0.25, 0.3) is 0 Å². The first-order chi connectivity index (χ1) is 12.4. The quantitative estimate of drug-likeness (QED) is 0.712. The van der Waals surface area contributed by atoms with Gasteiger partial charge in [-0.2, -0.15) is 0 Å². The molecule has 0 aliphatic carbocycles. The van der Waals surface area contributed by atoms with Crippen molar-refractivity contribution >= 4 is 21.7 Å². The highest BCUT2D eigenvalue weighted by atomic mass is 32.2. The minimum Gasteiger partial charge on any atom is -0.406 e. The van der Waals surface area contributed by atoms with Gasteiger partial charge in [0, 0.05) is 5.69 Å². The molecule has 1 atom stereocenters. The lowest BCUT2D eigenvalue weighted by Crippen LogP contribution is -2.31. The molecular formula is C16H16F3N3O4S. The van der Waals surface area contributed by atoms with Gasteiger partial charge >= 0.3 is 12.4 Å². The smallest absolute Gasteiger partial charge is 0.406 e. The minimum atomic E-state index is -4.79. The second-order valence-corrected chi connectivity index (χ2v) is 7.07. The Hall–Kier alpha value is -2.79. The van der Waals surface area contributed by atoms with Crippen molar-refractivity contribution < 1.29 is 31.1 Å². The molecule has 0 saturated heterocycles. The lowest BCUT2D eigenvalue weighted by molar-refractivity contribution is -0.274. The summed E-state index contributed by atoms with van der Waals surface area (Å²) in [5, 5.41) is 10.1. The van der Waals surface area contributed by atoms with E-state index in [4.69, 9.17) is 5.14 Å². The third-order valence-corrected chi connectivity index (χ3v) is 4.33. The molecule has 2 rings (SSSR count). The number of amides is 2. The van der Waals surface area contributed by atoms with Crippen molar-refractivity contribution in [2.45, 2.75) is 24.2 Å². The number of carbonyl (C=O) groups excluding carboxylic acids is 1. The molecule has 0 spiro atoms. The van der Waals surface area contributed by atoms with Crippen LogP contribution in [0.25, 0.3) is 0 Å². The van der Waals surface area contributed by atoms with Crippen molar-refractivity contribution in [2.24, 2.45) is 5.14 Å². The molecule has 0 aromatic heterocycles. The highest BCUT2D eigenvalue weighted by molar-refractivity contribution is 7.89. The summed E-state index contributed by atoms with van der Waals surface area (Å²) in [5.74, 6) is -0.406. The van der Waals surface area contributed by atoms with E-state index in [1.54, 1.807) is 6.92 Å². The fraction of sp³-hybridized carbons (Fsp3) is 0.188. The number of sulfonamides is 1. The van der Waals surface area contributed by atoms with Crippen molar-refractivity contribution in [1.82, 2.24) is 5.32 Å². The van der Waals surface area contributed by atoms with Crippen molar-refractivity contribution in [1.29, 1.82) is 0 Å². The van der Waals surface area contributed by atoms with Gasteiger partial charge in [0.1, 0.15) is 5.75 Å². The number of rotatable bonds is 5. The molecular weight excluding hydrogens is 387 g/mol. The Bertz CT molecular complexity index is 898. The van der Waals surface area contributed by atoms with Crippen LogP contribution in [0.15, 0.2) is 53.4 Å². The molecule has 0 aliphatic heterocycles. The fourth-order valence-electron chi connectivity index (χ4n) is 2.13. The molecule has 0 heterocycles. The van der Waals surface area contributed by atoms with Crippen molar-refractivity contribution in [3.8, 4) is 5.75 Å². The molecule has 0 unspecified atom stereocenters. The van der Waals surface area contributed by atoms with Crippen LogP contribution in [-0.2, 0) is 10.0 Å². The van der Waals surface area contributed by atoms with Crippen LogP contribution in [0.1, 0.15) is 18.5 Å². The van der Waals surface area contributed by atoms with E-state index in [9.17, 15) is 26.4 Å². The predicted octanol–water partition coefficient (Wildman–Crippen LogP) is 3.12. The van der Waals surface area contributed by atoms with E-state index in [1.807, 2.05) is 0 Å². The van der Waals surface area contributed by atoms with Crippen LogP contribution >= 0.6 is 0 Å². The number of primary sulfonamides is 1. The van der Waals surface area contributed by atoms with Crippen molar-refractivity contribution in [3.05, 3.63) is 54.1 Å². The average Bonchev–Trinajstić information content (AvgIpc) is 2.54. The molecule has 146 valence electrons. The number of alkyl halides is 3. The zero-order valence-electron chi connectivity index (χ0n) is 13.9. The maximum atomic E-state index is 12.1. The summed E-state index contributed by atoms with van der Waals surface area (Å²) in [7, 11) is -3.80. The highest BCUT2D eigenvalue weighted by Gasteiger charge is 2.30. The summed E-state index contributed by atoms with van der Waals surface area (Å²) in [6.07, 6.45) is -4.79. The highest BCUT2D eigenvalue weighted by Crippen LogP contribution is 2.24. The van der Waals surface area contributed by atoms with Crippen LogP contribution in [0.4, 0.5) is 23.7 Å². The number of halogens is 3. The summed E-state index contributed by atoms with van der Waals surface area (Å²) in [4.78, 5) is 11.9. The monoisotopic (exact) mass is 403 g/mol. The van der Waals surface area contributed by atoms with Crippen molar-refractivity contribution in [2.75, 3.05) is 5.32 Å². The Morgan fingerprint density at radius 3 is 2.11 bits per heavy atom. The summed E-state index contributed by atoms with van der Waals surface area (Å²) in [6, 6.07) is 9.24. The van der Waals surface area contributed by atoms with Gasteiger partial charge < -0.3 is 15.4 Å². The molecule has 2 aromatic rings. The van der Waals surface area contributed by atoms with E-state index in [-0.39, 0.29) is 10.6 Å². The van der Waals surface area contributed by atoms with Crippen LogP contribution in [0.3, 0.4) is 0 Å². The molecule has 7 nitrogen and oxygen atoms in total. The zero-order valence-corrected chi connectivity index (χ0v) is 14.8. The van der Waals surface area contributed by atoms with Gasteiger partial charge in [-0.05, 0) is 48.9 Å². The van der Waals surface area contributed by atoms with Gasteiger partial charge in [-0.15, -0.1) is 13.2 Å². The molecule has 27 heavy (non-hydrogen) atoms.